The smallest absolute Gasteiger partial charge is 0.224 e. The van der Waals surface area contributed by atoms with E-state index in [0.717, 1.165) is 37.2 Å². The Morgan fingerprint density at radius 2 is 2.08 bits per heavy atom. The minimum atomic E-state index is 0.0603. The van der Waals surface area contributed by atoms with Crippen LogP contribution < -0.4 is 20.1 Å². The Balaban J connectivity index is 1.54. The highest BCUT2D eigenvalue weighted by Crippen LogP contribution is 2.23. The number of nitrogens with zero attached hydrogens (tertiary/aromatic N) is 1. The number of nitrogens with one attached hydrogen (secondary N) is 2. The molecule has 2 heterocycles. The van der Waals surface area contributed by atoms with E-state index in [4.69, 9.17) is 9.47 Å². The number of amides is 1. The van der Waals surface area contributed by atoms with Gasteiger partial charge in [0.2, 0.25) is 11.8 Å². The SMILES string of the molecule is CCOc1ccc(Oc2cc(CNC(=O)C3CCCNC3)ccn2)cc1. The lowest BCUT2D eigenvalue weighted by molar-refractivity contribution is -0.125. The minimum Gasteiger partial charge on any atom is -0.494 e. The number of carbonyl (C=O) groups excluding carboxylic acids is 1. The second kappa shape index (κ2) is 9.20. The van der Waals surface area contributed by atoms with Gasteiger partial charge in [-0.05, 0) is 62.2 Å². The van der Waals surface area contributed by atoms with Crippen LogP contribution in [0.3, 0.4) is 0 Å². The Morgan fingerprint density at radius 3 is 2.81 bits per heavy atom. The number of piperidine rings is 1. The lowest BCUT2D eigenvalue weighted by Gasteiger charge is -2.21. The maximum Gasteiger partial charge on any atom is 0.224 e. The molecule has 2 aromatic rings. The van der Waals surface area contributed by atoms with E-state index in [2.05, 4.69) is 15.6 Å². The molecule has 6 nitrogen and oxygen atoms in total. The predicted octanol–water partition coefficient (Wildman–Crippen LogP) is 2.89. The molecule has 6 heteroatoms. The largest absolute Gasteiger partial charge is 0.494 e. The third kappa shape index (κ3) is 5.20. The Morgan fingerprint density at radius 1 is 1.27 bits per heavy atom. The molecule has 2 N–H and O–H groups in total. The van der Waals surface area contributed by atoms with E-state index in [-0.39, 0.29) is 11.8 Å². The summed E-state index contributed by atoms with van der Waals surface area (Å²) in [5.74, 6) is 2.16. The van der Waals surface area contributed by atoms with Gasteiger partial charge >= 0.3 is 0 Å². The molecule has 138 valence electrons. The molecule has 1 aliphatic heterocycles. The molecule has 1 aromatic carbocycles. The van der Waals surface area contributed by atoms with Crippen molar-refractivity contribution < 1.29 is 14.3 Å². The van der Waals surface area contributed by atoms with Crippen LogP contribution in [0.4, 0.5) is 0 Å². The van der Waals surface area contributed by atoms with E-state index in [0.29, 0.717) is 24.8 Å². The number of hydrogen-bond acceptors (Lipinski definition) is 5. The average molecular weight is 355 g/mol. The molecule has 0 spiro atoms. The molecule has 0 radical (unpaired) electrons. The van der Waals surface area contributed by atoms with Gasteiger partial charge in [0.05, 0.1) is 12.5 Å². The molecule has 1 amide bonds. The third-order valence-corrected chi connectivity index (χ3v) is 4.29. The molecule has 1 aliphatic rings. The van der Waals surface area contributed by atoms with Crippen molar-refractivity contribution >= 4 is 5.91 Å². The summed E-state index contributed by atoms with van der Waals surface area (Å²) in [6.45, 7) is 4.81. The van der Waals surface area contributed by atoms with Gasteiger partial charge in [0.15, 0.2) is 0 Å². The van der Waals surface area contributed by atoms with Crippen LogP contribution >= 0.6 is 0 Å². The van der Waals surface area contributed by atoms with Crippen LogP contribution in [0.25, 0.3) is 0 Å². The summed E-state index contributed by atoms with van der Waals surface area (Å²) in [7, 11) is 0. The van der Waals surface area contributed by atoms with Crippen molar-refractivity contribution in [1.82, 2.24) is 15.6 Å². The lowest BCUT2D eigenvalue weighted by atomic mass is 9.99. The van der Waals surface area contributed by atoms with Crippen LogP contribution in [-0.2, 0) is 11.3 Å². The molecular formula is C20H25N3O3. The van der Waals surface area contributed by atoms with Crippen molar-refractivity contribution in [3.63, 3.8) is 0 Å². The van der Waals surface area contributed by atoms with Crippen LogP contribution in [0.5, 0.6) is 17.4 Å². The van der Waals surface area contributed by atoms with Crippen molar-refractivity contribution in [2.75, 3.05) is 19.7 Å². The maximum absolute atomic E-state index is 12.2. The first-order valence-electron chi connectivity index (χ1n) is 9.08. The molecule has 3 rings (SSSR count). The predicted molar refractivity (Wildman–Crippen MR) is 99.4 cm³/mol. The van der Waals surface area contributed by atoms with Gasteiger partial charge in [-0.1, -0.05) is 0 Å². The highest BCUT2D eigenvalue weighted by Gasteiger charge is 2.20. The van der Waals surface area contributed by atoms with Gasteiger partial charge in [-0.25, -0.2) is 4.98 Å². The molecule has 1 atom stereocenters. The number of ether oxygens (including phenoxy) is 2. The molecule has 1 saturated heterocycles. The van der Waals surface area contributed by atoms with E-state index >= 15 is 0 Å². The fourth-order valence-corrected chi connectivity index (χ4v) is 2.92. The number of aromatic nitrogens is 1. The zero-order chi connectivity index (χ0) is 18.2. The summed E-state index contributed by atoms with van der Waals surface area (Å²) < 4.78 is 11.2. The van der Waals surface area contributed by atoms with Crippen LogP contribution in [0.2, 0.25) is 0 Å². The zero-order valence-corrected chi connectivity index (χ0v) is 15.0. The first kappa shape index (κ1) is 18.2. The molecule has 0 aliphatic carbocycles. The van der Waals surface area contributed by atoms with Crippen LogP contribution in [0, 0.1) is 5.92 Å². The molecule has 26 heavy (non-hydrogen) atoms. The summed E-state index contributed by atoms with van der Waals surface area (Å²) in [4.78, 5) is 16.5. The van der Waals surface area contributed by atoms with Crippen LogP contribution in [0.1, 0.15) is 25.3 Å². The first-order valence-corrected chi connectivity index (χ1v) is 9.08. The molecule has 0 saturated carbocycles. The molecule has 1 fully saturated rings. The van der Waals surface area contributed by atoms with Crippen LogP contribution in [0.15, 0.2) is 42.6 Å². The number of pyridine rings is 1. The van der Waals surface area contributed by atoms with E-state index in [9.17, 15) is 4.79 Å². The molecular weight excluding hydrogens is 330 g/mol. The molecule has 1 unspecified atom stereocenters. The van der Waals surface area contributed by atoms with Gasteiger partial charge < -0.3 is 20.1 Å². The van der Waals surface area contributed by atoms with E-state index < -0.39 is 0 Å². The Bertz CT molecular complexity index is 712. The van der Waals surface area contributed by atoms with Gasteiger partial charge in [-0.2, -0.15) is 0 Å². The van der Waals surface area contributed by atoms with E-state index in [1.807, 2.05) is 43.3 Å². The van der Waals surface area contributed by atoms with Crippen LogP contribution in [-0.4, -0.2) is 30.6 Å². The molecule has 0 bridgehead atoms. The topological polar surface area (TPSA) is 72.5 Å². The fraction of sp³-hybridized carbons (Fsp3) is 0.400. The monoisotopic (exact) mass is 355 g/mol. The Labute approximate surface area is 153 Å². The summed E-state index contributed by atoms with van der Waals surface area (Å²) in [5, 5.41) is 6.26. The maximum atomic E-state index is 12.2. The van der Waals surface area contributed by atoms with Crippen molar-refractivity contribution in [3.05, 3.63) is 48.2 Å². The van der Waals surface area contributed by atoms with Crippen molar-refractivity contribution in [1.29, 1.82) is 0 Å². The van der Waals surface area contributed by atoms with Crippen molar-refractivity contribution in [2.24, 2.45) is 5.92 Å². The number of hydrogen-bond donors (Lipinski definition) is 2. The van der Waals surface area contributed by atoms with Gasteiger partial charge in [0, 0.05) is 25.4 Å². The second-order valence-corrected chi connectivity index (χ2v) is 6.27. The average Bonchev–Trinajstić information content (AvgIpc) is 2.69. The highest BCUT2D eigenvalue weighted by molar-refractivity contribution is 5.78. The normalized spacial score (nSPS) is 16.7. The van der Waals surface area contributed by atoms with E-state index in [1.54, 1.807) is 6.20 Å². The lowest BCUT2D eigenvalue weighted by Crippen LogP contribution is -2.40. The fourth-order valence-electron chi connectivity index (χ4n) is 2.92. The highest BCUT2D eigenvalue weighted by atomic mass is 16.5. The van der Waals surface area contributed by atoms with Gasteiger partial charge in [-0.3, -0.25) is 4.79 Å². The third-order valence-electron chi connectivity index (χ3n) is 4.29. The van der Waals surface area contributed by atoms with Gasteiger partial charge in [0.1, 0.15) is 11.5 Å². The van der Waals surface area contributed by atoms with Gasteiger partial charge in [-0.15, -0.1) is 0 Å². The second-order valence-electron chi connectivity index (χ2n) is 6.27. The van der Waals surface area contributed by atoms with Gasteiger partial charge in [0.25, 0.3) is 0 Å². The Kier molecular flexibility index (Phi) is 6.44. The quantitative estimate of drug-likeness (QED) is 0.799. The number of rotatable bonds is 7. The van der Waals surface area contributed by atoms with E-state index in [1.165, 1.54) is 0 Å². The Hall–Kier alpha value is -2.60. The summed E-state index contributed by atoms with van der Waals surface area (Å²) in [6, 6.07) is 11.1. The molecule has 1 aromatic heterocycles. The summed E-state index contributed by atoms with van der Waals surface area (Å²) in [6.07, 6.45) is 3.68. The minimum absolute atomic E-state index is 0.0603. The standard InChI is InChI=1S/C20H25N3O3/c1-2-25-17-5-7-18(8-6-17)26-19-12-15(9-11-22-19)13-23-20(24)16-4-3-10-21-14-16/h5-9,11-12,16,21H,2-4,10,13-14H2,1H3,(H,23,24). The van der Waals surface area contributed by atoms with Crippen molar-refractivity contribution in [3.8, 4) is 17.4 Å². The summed E-state index contributed by atoms with van der Waals surface area (Å²) in [5.41, 5.74) is 0.957. The number of benzene rings is 1. The zero-order valence-electron chi connectivity index (χ0n) is 15.0. The number of carbonyl (C=O) groups is 1. The first-order chi connectivity index (χ1) is 12.7. The van der Waals surface area contributed by atoms with Crippen molar-refractivity contribution in [2.45, 2.75) is 26.3 Å². The summed E-state index contributed by atoms with van der Waals surface area (Å²) >= 11 is 0.